The highest BCUT2D eigenvalue weighted by Crippen LogP contribution is 2.35. The van der Waals surface area contributed by atoms with Crippen molar-refractivity contribution in [2.45, 2.75) is 51.5 Å². The van der Waals surface area contributed by atoms with E-state index in [1.165, 1.54) is 23.5 Å². The van der Waals surface area contributed by atoms with Crippen LogP contribution in [0.15, 0.2) is 23.0 Å². The van der Waals surface area contributed by atoms with Gasteiger partial charge in [0, 0.05) is 63.0 Å². The van der Waals surface area contributed by atoms with Crippen LogP contribution in [0.4, 0.5) is 0 Å². The smallest absolute Gasteiger partial charge is 0.255 e. The molecule has 9 heteroatoms. The number of piperidine rings is 1. The van der Waals surface area contributed by atoms with Crippen LogP contribution in [0.5, 0.6) is 0 Å². The Morgan fingerprint density at radius 3 is 2.84 bits per heavy atom. The first-order valence-electron chi connectivity index (χ1n) is 10.9. The van der Waals surface area contributed by atoms with Crippen LogP contribution in [0.2, 0.25) is 0 Å². The van der Waals surface area contributed by atoms with Crippen molar-refractivity contribution in [3.8, 4) is 0 Å². The molecule has 0 unspecified atom stereocenters. The summed E-state index contributed by atoms with van der Waals surface area (Å²) in [5.41, 5.74) is 4.83. The summed E-state index contributed by atoms with van der Waals surface area (Å²) in [7, 11) is 4.03. The van der Waals surface area contributed by atoms with Gasteiger partial charge in [-0.25, -0.2) is 0 Å². The second-order valence-electron chi connectivity index (χ2n) is 9.31. The largest absolute Gasteiger partial charge is 0.312 e. The summed E-state index contributed by atoms with van der Waals surface area (Å²) in [6, 6.07) is 6.52. The maximum atomic E-state index is 13.0. The average Bonchev–Trinajstić information content (AvgIpc) is 2.92. The monoisotopic (exact) mass is 468 g/mol. The summed E-state index contributed by atoms with van der Waals surface area (Å²) < 4.78 is 4.25. The third-order valence-corrected chi connectivity index (χ3v) is 6.57. The number of aromatic nitrogens is 3. The van der Waals surface area contributed by atoms with E-state index < -0.39 is 0 Å². The van der Waals surface area contributed by atoms with Crippen LogP contribution in [0.1, 0.15) is 41.4 Å². The third-order valence-electron chi connectivity index (χ3n) is 6.57. The Labute approximate surface area is 196 Å². The van der Waals surface area contributed by atoms with Gasteiger partial charge in [0.2, 0.25) is 0 Å². The Bertz CT molecular complexity index is 932. The van der Waals surface area contributed by atoms with E-state index in [9.17, 15) is 4.79 Å². The van der Waals surface area contributed by atoms with Gasteiger partial charge in [0.25, 0.3) is 5.56 Å². The van der Waals surface area contributed by atoms with Crippen LogP contribution in [0.3, 0.4) is 0 Å². The SMILES string of the molecule is CN(C)Cc1ccc2n(c1=O)C[C@H]1C[C@@H]2CN(Cc2cc3n(n2)CCCNC3)C1.Cl.Cl. The minimum Gasteiger partial charge on any atom is -0.312 e. The molecule has 31 heavy (non-hydrogen) atoms. The second kappa shape index (κ2) is 10.0. The summed E-state index contributed by atoms with van der Waals surface area (Å²) in [5.74, 6) is 1.00. The van der Waals surface area contributed by atoms with E-state index >= 15 is 0 Å². The number of nitrogens with one attached hydrogen (secondary N) is 1. The van der Waals surface area contributed by atoms with Gasteiger partial charge in [-0.1, -0.05) is 6.07 Å². The lowest BCUT2D eigenvalue weighted by molar-refractivity contribution is 0.113. The molecule has 2 aromatic rings. The lowest BCUT2D eigenvalue weighted by Crippen LogP contribution is -2.47. The molecule has 0 aromatic carbocycles. The summed E-state index contributed by atoms with van der Waals surface area (Å²) in [5, 5.41) is 8.35. The predicted molar refractivity (Wildman–Crippen MR) is 127 cm³/mol. The summed E-state index contributed by atoms with van der Waals surface area (Å²) in [4.78, 5) is 17.6. The van der Waals surface area contributed by atoms with Crippen molar-refractivity contribution in [1.82, 2.24) is 29.5 Å². The first-order valence-corrected chi connectivity index (χ1v) is 10.9. The maximum Gasteiger partial charge on any atom is 0.255 e. The lowest BCUT2D eigenvalue weighted by atomic mass is 9.83. The number of hydrogen-bond acceptors (Lipinski definition) is 5. The summed E-state index contributed by atoms with van der Waals surface area (Å²) >= 11 is 0. The Balaban J connectivity index is 0.00000136. The highest BCUT2D eigenvalue weighted by Gasteiger charge is 2.35. The molecule has 7 nitrogen and oxygen atoms in total. The fourth-order valence-electron chi connectivity index (χ4n) is 5.41. The summed E-state index contributed by atoms with van der Waals surface area (Å²) in [6.45, 7) is 7.55. The molecule has 3 aliphatic rings. The lowest BCUT2D eigenvalue weighted by Gasteiger charge is -2.42. The molecule has 0 spiro atoms. The maximum absolute atomic E-state index is 13.0. The Kier molecular flexibility index (Phi) is 7.86. The van der Waals surface area contributed by atoms with Crippen LogP contribution in [-0.4, -0.2) is 57.9 Å². The number of nitrogens with zero attached hydrogens (tertiary/aromatic N) is 5. The van der Waals surface area contributed by atoms with Crippen molar-refractivity contribution in [1.29, 1.82) is 0 Å². The van der Waals surface area contributed by atoms with Crippen molar-refractivity contribution < 1.29 is 0 Å². The van der Waals surface area contributed by atoms with Gasteiger partial charge >= 0.3 is 0 Å². The van der Waals surface area contributed by atoms with E-state index in [2.05, 4.69) is 36.5 Å². The molecule has 2 bridgehead atoms. The Morgan fingerprint density at radius 1 is 1.19 bits per heavy atom. The molecule has 0 amide bonds. The average molecular weight is 469 g/mol. The van der Waals surface area contributed by atoms with Gasteiger partial charge in [0.1, 0.15) is 0 Å². The zero-order valence-electron chi connectivity index (χ0n) is 18.4. The van der Waals surface area contributed by atoms with E-state index in [1.807, 2.05) is 20.2 Å². The number of rotatable bonds is 4. The van der Waals surface area contributed by atoms with Crippen LogP contribution >= 0.6 is 24.8 Å². The molecule has 172 valence electrons. The molecule has 0 aliphatic carbocycles. The van der Waals surface area contributed by atoms with Crippen LogP contribution in [0, 0.1) is 5.92 Å². The van der Waals surface area contributed by atoms with Crippen molar-refractivity contribution in [3.05, 3.63) is 51.2 Å². The second-order valence-corrected chi connectivity index (χ2v) is 9.31. The first kappa shape index (κ1) is 24.3. The molecular formula is C22H34Cl2N6O. The number of pyridine rings is 1. The van der Waals surface area contributed by atoms with Gasteiger partial charge in [0.15, 0.2) is 0 Å². The van der Waals surface area contributed by atoms with Crippen molar-refractivity contribution in [3.63, 3.8) is 0 Å². The molecule has 5 rings (SSSR count). The van der Waals surface area contributed by atoms with E-state index in [0.29, 0.717) is 18.4 Å². The molecule has 0 radical (unpaired) electrons. The molecule has 1 fully saturated rings. The fourth-order valence-corrected chi connectivity index (χ4v) is 5.41. The van der Waals surface area contributed by atoms with Gasteiger partial charge in [-0.3, -0.25) is 14.4 Å². The van der Waals surface area contributed by atoms with Crippen LogP contribution in [0.25, 0.3) is 0 Å². The number of fused-ring (bicyclic) bond motifs is 5. The molecule has 5 heterocycles. The van der Waals surface area contributed by atoms with Gasteiger partial charge in [-0.15, -0.1) is 24.8 Å². The zero-order chi connectivity index (χ0) is 20.0. The normalized spacial score (nSPS) is 22.7. The van der Waals surface area contributed by atoms with E-state index in [1.54, 1.807) is 0 Å². The molecule has 2 atom stereocenters. The Morgan fingerprint density at radius 2 is 2.03 bits per heavy atom. The van der Waals surface area contributed by atoms with E-state index in [0.717, 1.165) is 57.8 Å². The van der Waals surface area contributed by atoms with Gasteiger partial charge in [-0.05, 0) is 51.5 Å². The number of aryl methyl sites for hydroxylation is 1. The Hall–Kier alpha value is -1.38. The standard InChI is InChI=1S/C22H32N6O.2ClH/c1-25(2)13-17-4-5-21-18-8-16(12-27(21)22(17)29)11-26(14-18)15-19-9-20-10-23-6-3-7-28(20)24-19;;/h4-5,9,16,18,23H,3,6-8,10-15H2,1-2H3;2*1H/t16-,18+;;/m0../s1. The minimum absolute atomic E-state index is 0. The highest BCUT2D eigenvalue weighted by molar-refractivity contribution is 5.85. The van der Waals surface area contributed by atoms with Gasteiger partial charge < -0.3 is 14.8 Å². The van der Waals surface area contributed by atoms with E-state index in [4.69, 9.17) is 5.10 Å². The minimum atomic E-state index is 0. The molecule has 1 saturated heterocycles. The van der Waals surface area contributed by atoms with Gasteiger partial charge in [-0.2, -0.15) is 5.10 Å². The predicted octanol–water partition coefficient (Wildman–Crippen LogP) is 2.06. The fraction of sp³-hybridized carbons (Fsp3) is 0.636. The third kappa shape index (κ3) is 5.01. The number of hydrogen-bond donors (Lipinski definition) is 1. The quantitative estimate of drug-likeness (QED) is 0.743. The van der Waals surface area contributed by atoms with Crippen molar-refractivity contribution in [2.75, 3.05) is 33.7 Å². The molecule has 2 aromatic heterocycles. The van der Waals surface area contributed by atoms with Crippen molar-refractivity contribution >= 4 is 24.8 Å². The van der Waals surface area contributed by atoms with Crippen LogP contribution in [-0.2, 0) is 32.7 Å². The van der Waals surface area contributed by atoms with Gasteiger partial charge in [0.05, 0.1) is 11.4 Å². The van der Waals surface area contributed by atoms with Crippen LogP contribution < -0.4 is 10.9 Å². The van der Waals surface area contributed by atoms with E-state index in [-0.39, 0.29) is 30.4 Å². The molecule has 0 saturated carbocycles. The summed E-state index contributed by atoms with van der Waals surface area (Å²) in [6.07, 6.45) is 2.34. The molecule has 1 N–H and O–H groups in total. The van der Waals surface area contributed by atoms with Crippen molar-refractivity contribution in [2.24, 2.45) is 5.92 Å². The highest BCUT2D eigenvalue weighted by atomic mass is 35.5. The number of halogens is 2. The molecular weight excluding hydrogens is 435 g/mol. The molecule has 3 aliphatic heterocycles. The topological polar surface area (TPSA) is 58.3 Å². The first-order chi connectivity index (χ1) is 14.1. The number of likely N-dealkylation sites (tertiary alicyclic amines) is 1. The zero-order valence-corrected chi connectivity index (χ0v) is 20.1.